The third-order valence-corrected chi connectivity index (χ3v) is 10.7. The maximum Gasteiger partial charge on any atom is 0.0462 e. The van der Waals surface area contributed by atoms with E-state index in [0.717, 1.165) is 17.1 Å². The second-order valence-corrected chi connectivity index (χ2v) is 13.7. The van der Waals surface area contributed by atoms with Crippen LogP contribution < -0.4 is 4.90 Å². The predicted octanol–water partition coefficient (Wildman–Crippen LogP) is 14.8. The summed E-state index contributed by atoms with van der Waals surface area (Å²) in [6.45, 7) is 0. The Bertz CT molecular complexity index is 2790. The van der Waals surface area contributed by atoms with Crippen LogP contribution in [0.5, 0.6) is 0 Å². The lowest BCUT2D eigenvalue weighted by atomic mass is 9.93. The summed E-state index contributed by atoms with van der Waals surface area (Å²) in [4.78, 5) is 2.36. The Balaban J connectivity index is 1.07. The number of fused-ring (bicyclic) bond motifs is 5. The third-order valence-electron chi connectivity index (χ3n) is 10.7. The van der Waals surface area contributed by atoms with E-state index in [1.807, 2.05) is 0 Å². The fraction of sp³-hybridized carbons (Fsp3) is 0. The molecule has 0 spiro atoms. The summed E-state index contributed by atoms with van der Waals surface area (Å²) in [6.07, 6.45) is 0. The van der Waals surface area contributed by atoms with Gasteiger partial charge in [0.2, 0.25) is 0 Å². The van der Waals surface area contributed by atoms with Crippen molar-refractivity contribution >= 4 is 60.2 Å². The first kappa shape index (κ1) is 30.8. The smallest absolute Gasteiger partial charge is 0.0462 e. The molecule has 1 nitrogen and oxygen atoms in total. The van der Waals surface area contributed by atoms with Crippen molar-refractivity contribution < 1.29 is 0 Å². The van der Waals surface area contributed by atoms with Gasteiger partial charge in [-0.15, -0.1) is 0 Å². The van der Waals surface area contributed by atoms with Crippen LogP contribution in [0.15, 0.2) is 212 Å². The highest BCUT2D eigenvalue weighted by Crippen LogP contribution is 2.41. The molecule has 0 fully saturated rings. The molecule has 0 aromatic heterocycles. The molecule has 0 bridgehead atoms. The number of hydrogen-bond donors (Lipinski definition) is 0. The fourth-order valence-electron chi connectivity index (χ4n) is 8.06. The van der Waals surface area contributed by atoms with Gasteiger partial charge in [-0.1, -0.05) is 170 Å². The van der Waals surface area contributed by atoms with E-state index >= 15 is 0 Å². The van der Waals surface area contributed by atoms with Crippen LogP contribution in [0.25, 0.3) is 76.5 Å². The normalized spacial score (nSPS) is 11.4. The van der Waals surface area contributed by atoms with Crippen LogP contribution in [-0.2, 0) is 0 Å². The molecule has 0 aliphatic rings. The fourth-order valence-corrected chi connectivity index (χ4v) is 8.06. The first-order valence-electron chi connectivity index (χ1n) is 18.3. The van der Waals surface area contributed by atoms with E-state index in [1.54, 1.807) is 0 Å². The third kappa shape index (κ3) is 5.51. The molecule has 0 saturated carbocycles. The topological polar surface area (TPSA) is 3.24 Å². The van der Waals surface area contributed by atoms with Crippen molar-refractivity contribution in [3.05, 3.63) is 212 Å². The minimum Gasteiger partial charge on any atom is -0.311 e. The van der Waals surface area contributed by atoms with Crippen molar-refractivity contribution in [2.75, 3.05) is 4.90 Å². The Morgan fingerprint density at radius 3 is 1.08 bits per heavy atom. The first-order valence-corrected chi connectivity index (χ1v) is 18.3. The molecule has 10 rings (SSSR count). The van der Waals surface area contributed by atoms with Gasteiger partial charge in [0.1, 0.15) is 0 Å². The lowest BCUT2D eigenvalue weighted by Crippen LogP contribution is -2.09. The highest BCUT2D eigenvalue weighted by molar-refractivity contribution is 6.13. The van der Waals surface area contributed by atoms with E-state index in [4.69, 9.17) is 0 Å². The molecule has 0 N–H and O–H groups in total. The molecule has 10 aromatic carbocycles. The van der Waals surface area contributed by atoms with Crippen LogP contribution in [-0.4, -0.2) is 0 Å². The van der Waals surface area contributed by atoms with Gasteiger partial charge in [0.05, 0.1) is 0 Å². The highest BCUT2D eigenvalue weighted by Gasteiger charge is 2.16. The molecule has 0 amide bonds. The average Bonchev–Trinajstić information content (AvgIpc) is 3.24. The molecule has 0 heterocycles. The SMILES string of the molecule is c1ccc2c(-c3ccc(N(c4ccc(-c5cccc6ccccc56)cc4)c4ccc(-c5cc6ccccc6c6ccccc56)cc4)cc3)cccc2c1. The van der Waals surface area contributed by atoms with E-state index in [-0.39, 0.29) is 0 Å². The van der Waals surface area contributed by atoms with Crippen LogP contribution in [0.4, 0.5) is 17.1 Å². The Hall–Kier alpha value is -6.96. The van der Waals surface area contributed by atoms with E-state index in [1.165, 1.54) is 76.5 Å². The minimum absolute atomic E-state index is 1.11. The van der Waals surface area contributed by atoms with Crippen molar-refractivity contribution in [2.45, 2.75) is 0 Å². The van der Waals surface area contributed by atoms with Gasteiger partial charge < -0.3 is 4.90 Å². The number of benzene rings is 10. The maximum absolute atomic E-state index is 2.36. The summed E-state index contributed by atoms with van der Waals surface area (Å²) in [5, 5.41) is 10.1. The molecule has 0 saturated heterocycles. The summed E-state index contributed by atoms with van der Waals surface area (Å²) in [5.41, 5.74) is 10.7. The molecule has 53 heavy (non-hydrogen) atoms. The van der Waals surface area contributed by atoms with Crippen LogP contribution in [0, 0.1) is 0 Å². The van der Waals surface area contributed by atoms with Gasteiger partial charge in [0.15, 0.2) is 0 Å². The highest BCUT2D eigenvalue weighted by atomic mass is 15.1. The number of rotatable bonds is 6. The molecular weight excluding hydrogens is 639 g/mol. The lowest BCUT2D eigenvalue weighted by molar-refractivity contribution is 1.28. The summed E-state index contributed by atoms with van der Waals surface area (Å²) >= 11 is 0. The van der Waals surface area contributed by atoms with E-state index in [2.05, 4.69) is 217 Å². The minimum atomic E-state index is 1.11. The number of hydrogen-bond acceptors (Lipinski definition) is 1. The Labute approximate surface area is 309 Å². The monoisotopic (exact) mass is 673 g/mol. The van der Waals surface area contributed by atoms with E-state index in [9.17, 15) is 0 Å². The van der Waals surface area contributed by atoms with Crippen molar-refractivity contribution in [1.29, 1.82) is 0 Å². The van der Waals surface area contributed by atoms with Crippen molar-refractivity contribution in [3.63, 3.8) is 0 Å². The van der Waals surface area contributed by atoms with Gasteiger partial charge in [-0.25, -0.2) is 0 Å². The number of anilines is 3. The van der Waals surface area contributed by atoms with Gasteiger partial charge in [-0.2, -0.15) is 0 Å². The van der Waals surface area contributed by atoms with Crippen LogP contribution in [0.1, 0.15) is 0 Å². The van der Waals surface area contributed by atoms with Gasteiger partial charge in [-0.3, -0.25) is 0 Å². The summed E-state index contributed by atoms with van der Waals surface area (Å²) in [7, 11) is 0. The molecule has 10 aromatic rings. The Morgan fingerprint density at radius 1 is 0.226 bits per heavy atom. The van der Waals surface area contributed by atoms with Crippen molar-refractivity contribution in [1.82, 2.24) is 0 Å². The predicted molar refractivity (Wildman–Crippen MR) is 227 cm³/mol. The molecular formula is C52H35N. The zero-order chi connectivity index (χ0) is 35.1. The van der Waals surface area contributed by atoms with Gasteiger partial charge in [0.25, 0.3) is 0 Å². The molecule has 0 atom stereocenters. The molecule has 0 aliphatic heterocycles. The quantitative estimate of drug-likeness (QED) is 0.159. The van der Waals surface area contributed by atoms with Gasteiger partial charge in [0, 0.05) is 17.1 Å². The van der Waals surface area contributed by atoms with E-state index in [0.29, 0.717) is 0 Å². The second kappa shape index (κ2) is 13.0. The Morgan fingerprint density at radius 2 is 0.585 bits per heavy atom. The first-order chi connectivity index (χ1) is 26.3. The lowest BCUT2D eigenvalue weighted by Gasteiger charge is -2.26. The molecule has 0 aliphatic carbocycles. The second-order valence-electron chi connectivity index (χ2n) is 13.7. The molecule has 248 valence electrons. The summed E-state index contributed by atoms with van der Waals surface area (Å²) in [5.74, 6) is 0. The van der Waals surface area contributed by atoms with Crippen LogP contribution >= 0.6 is 0 Å². The Kier molecular flexibility index (Phi) is 7.55. The van der Waals surface area contributed by atoms with Crippen LogP contribution in [0.3, 0.4) is 0 Å². The maximum atomic E-state index is 2.36. The zero-order valence-electron chi connectivity index (χ0n) is 29.2. The van der Waals surface area contributed by atoms with Crippen molar-refractivity contribution in [2.24, 2.45) is 0 Å². The molecule has 0 radical (unpaired) electrons. The number of nitrogens with zero attached hydrogens (tertiary/aromatic N) is 1. The molecule has 0 unspecified atom stereocenters. The van der Waals surface area contributed by atoms with Crippen molar-refractivity contribution in [3.8, 4) is 33.4 Å². The largest absolute Gasteiger partial charge is 0.311 e. The summed E-state index contributed by atoms with van der Waals surface area (Å²) in [6, 6.07) is 77.2. The van der Waals surface area contributed by atoms with Gasteiger partial charge in [-0.05, 0) is 119 Å². The molecule has 1 heteroatoms. The van der Waals surface area contributed by atoms with Crippen LogP contribution in [0.2, 0.25) is 0 Å². The average molecular weight is 674 g/mol. The zero-order valence-corrected chi connectivity index (χ0v) is 29.2. The van der Waals surface area contributed by atoms with Gasteiger partial charge >= 0.3 is 0 Å². The van der Waals surface area contributed by atoms with E-state index < -0.39 is 0 Å². The summed E-state index contributed by atoms with van der Waals surface area (Å²) < 4.78 is 0. The standard InChI is InChI=1S/C52H35N/c1-4-16-45-36(11-1)14-9-21-47(45)38-23-29-42(30-24-38)53(43-31-25-39(26-32-43)48-22-10-15-37-12-2-5-17-46(37)48)44-33-27-40(28-34-44)52-35-41-13-3-6-18-49(41)50-19-7-8-20-51(50)52/h1-35H.